The Labute approximate surface area is 267 Å². The van der Waals surface area contributed by atoms with Crippen molar-refractivity contribution < 1.29 is 8.78 Å². The molecule has 2 aliphatic carbocycles. The van der Waals surface area contributed by atoms with Crippen LogP contribution < -0.4 is 0 Å². The van der Waals surface area contributed by atoms with Crippen molar-refractivity contribution in [3.05, 3.63) is 94.3 Å². The van der Waals surface area contributed by atoms with E-state index in [1.807, 2.05) is 27.7 Å². The summed E-state index contributed by atoms with van der Waals surface area (Å²) in [6.07, 6.45) is 15.8. The molecule has 0 spiro atoms. The minimum atomic E-state index is -0.185. The van der Waals surface area contributed by atoms with E-state index in [2.05, 4.69) is 42.9 Å². The zero-order valence-corrected chi connectivity index (χ0v) is 26.4. The standard InChI is InChI=1S/C36H40F2N8/c1-2-3-8-28(46-22-27(40-42-46)21-45-34-12-7-5-10-30(34)32-18-25(38)14-16-36(32)45)23-43-19-26(39-41-43)20-44-33-11-6-4-9-29(33)31-17-24(37)13-15-35(31)44/h13-19,22,28H,2-12,20-21,23H2,1H3. The average molecular weight is 623 g/mol. The Morgan fingerprint density at radius 3 is 1.89 bits per heavy atom. The van der Waals surface area contributed by atoms with Crippen LogP contribution in [-0.4, -0.2) is 39.1 Å². The van der Waals surface area contributed by atoms with Crippen molar-refractivity contribution >= 4 is 21.8 Å². The van der Waals surface area contributed by atoms with Gasteiger partial charge in [-0.3, -0.25) is 4.68 Å². The second-order valence-corrected chi connectivity index (χ2v) is 13.2. The highest BCUT2D eigenvalue weighted by atomic mass is 19.1. The van der Waals surface area contributed by atoms with Gasteiger partial charge < -0.3 is 9.13 Å². The highest BCUT2D eigenvalue weighted by Gasteiger charge is 2.24. The number of nitrogens with zero attached hydrogens (tertiary/aromatic N) is 8. The third kappa shape index (κ3) is 5.31. The lowest BCUT2D eigenvalue weighted by molar-refractivity contribution is 0.339. The molecule has 10 heteroatoms. The van der Waals surface area contributed by atoms with Crippen molar-refractivity contribution in [1.29, 1.82) is 0 Å². The number of halogens is 2. The van der Waals surface area contributed by atoms with Crippen LogP contribution in [0.1, 0.15) is 91.8 Å². The first-order valence-corrected chi connectivity index (χ1v) is 16.9. The summed E-state index contributed by atoms with van der Waals surface area (Å²) in [7, 11) is 0. The van der Waals surface area contributed by atoms with Crippen molar-refractivity contribution in [2.24, 2.45) is 0 Å². The molecule has 0 saturated carbocycles. The summed E-state index contributed by atoms with van der Waals surface area (Å²) in [6, 6.07) is 10.4. The third-order valence-electron chi connectivity index (χ3n) is 10.1. The smallest absolute Gasteiger partial charge is 0.123 e. The molecular formula is C36H40F2N8. The molecule has 8 nitrogen and oxygen atoms in total. The first-order chi connectivity index (χ1) is 22.6. The van der Waals surface area contributed by atoms with Gasteiger partial charge in [0.05, 0.1) is 38.1 Å². The second-order valence-electron chi connectivity index (χ2n) is 13.2. The largest absolute Gasteiger partial charge is 0.338 e. The van der Waals surface area contributed by atoms with Gasteiger partial charge in [-0.1, -0.05) is 30.2 Å². The van der Waals surface area contributed by atoms with Crippen molar-refractivity contribution in [3.63, 3.8) is 0 Å². The van der Waals surface area contributed by atoms with E-state index in [4.69, 9.17) is 0 Å². The third-order valence-corrected chi connectivity index (χ3v) is 10.1. The SMILES string of the molecule is CCCCC(Cn1cc(Cn2c3c(c4cc(F)ccc42)CCCC3)nn1)n1cc(Cn2c3c(c4cc(F)ccc42)CCCC3)nn1. The summed E-state index contributed by atoms with van der Waals surface area (Å²) in [6.45, 7) is 4.08. The Bertz CT molecular complexity index is 2030. The minimum Gasteiger partial charge on any atom is -0.338 e. The molecule has 238 valence electrons. The Kier molecular flexibility index (Phi) is 7.66. The lowest BCUT2D eigenvalue weighted by Crippen LogP contribution is -2.17. The maximum atomic E-state index is 14.2. The summed E-state index contributed by atoms with van der Waals surface area (Å²) in [4.78, 5) is 0. The molecule has 46 heavy (non-hydrogen) atoms. The molecule has 8 rings (SSSR count). The zero-order chi connectivity index (χ0) is 31.2. The van der Waals surface area contributed by atoms with E-state index in [1.165, 1.54) is 22.5 Å². The number of unbranched alkanes of at least 4 members (excludes halogenated alkanes) is 1. The number of fused-ring (bicyclic) bond motifs is 6. The van der Waals surface area contributed by atoms with E-state index >= 15 is 0 Å². The molecule has 0 aliphatic heterocycles. The second kappa shape index (κ2) is 12.1. The molecule has 0 radical (unpaired) electrons. The molecule has 6 aromatic rings. The maximum absolute atomic E-state index is 14.2. The van der Waals surface area contributed by atoms with Gasteiger partial charge in [0, 0.05) is 33.2 Å². The van der Waals surface area contributed by atoms with Crippen LogP contribution in [0, 0.1) is 11.6 Å². The van der Waals surface area contributed by atoms with Crippen molar-refractivity contribution in [3.8, 4) is 0 Å². The summed E-state index contributed by atoms with van der Waals surface area (Å²) in [5.74, 6) is -0.370. The fraction of sp³-hybridized carbons (Fsp3) is 0.444. The van der Waals surface area contributed by atoms with Gasteiger partial charge in [0.1, 0.15) is 23.0 Å². The fourth-order valence-corrected chi connectivity index (χ4v) is 7.93. The summed E-state index contributed by atoms with van der Waals surface area (Å²) in [5.41, 5.74) is 9.12. The monoisotopic (exact) mass is 622 g/mol. The van der Waals surface area contributed by atoms with Crippen molar-refractivity contribution in [2.45, 2.75) is 103 Å². The maximum Gasteiger partial charge on any atom is 0.123 e. The Morgan fingerprint density at radius 2 is 1.28 bits per heavy atom. The van der Waals surface area contributed by atoms with Gasteiger partial charge in [0.2, 0.25) is 0 Å². The van der Waals surface area contributed by atoms with E-state index in [1.54, 1.807) is 24.3 Å². The number of aromatic nitrogens is 8. The topological polar surface area (TPSA) is 71.3 Å². The number of rotatable bonds is 10. The van der Waals surface area contributed by atoms with E-state index in [0.29, 0.717) is 19.6 Å². The van der Waals surface area contributed by atoms with Crippen LogP contribution >= 0.6 is 0 Å². The predicted octanol–water partition coefficient (Wildman–Crippen LogP) is 7.34. The minimum absolute atomic E-state index is 0.0864. The van der Waals surface area contributed by atoms with Crippen LogP contribution in [0.3, 0.4) is 0 Å². The van der Waals surface area contributed by atoms with Gasteiger partial charge in [-0.25, -0.2) is 13.5 Å². The first-order valence-electron chi connectivity index (χ1n) is 16.9. The molecule has 0 fully saturated rings. The fourth-order valence-electron chi connectivity index (χ4n) is 7.93. The highest BCUT2D eigenvalue weighted by Crippen LogP contribution is 2.34. The van der Waals surface area contributed by atoms with Gasteiger partial charge in [0.15, 0.2) is 0 Å². The van der Waals surface area contributed by atoms with Gasteiger partial charge in [-0.15, -0.1) is 10.2 Å². The molecule has 2 aliphatic rings. The normalized spacial score (nSPS) is 15.5. The van der Waals surface area contributed by atoms with Gasteiger partial charge in [0.25, 0.3) is 0 Å². The number of aryl methyl sites for hydroxylation is 2. The summed E-state index contributed by atoms with van der Waals surface area (Å²) in [5, 5.41) is 20.4. The Hall–Kier alpha value is -4.34. The molecule has 0 saturated heterocycles. The van der Waals surface area contributed by atoms with Crippen LogP contribution in [0.5, 0.6) is 0 Å². The zero-order valence-electron chi connectivity index (χ0n) is 26.4. The molecule has 4 aromatic heterocycles. The van der Waals surface area contributed by atoms with Crippen LogP contribution in [0.25, 0.3) is 21.8 Å². The van der Waals surface area contributed by atoms with Crippen molar-refractivity contribution in [2.75, 3.05) is 0 Å². The van der Waals surface area contributed by atoms with E-state index < -0.39 is 0 Å². The van der Waals surface area contributed by atoms with Gasteiger partial charge in [-0.2, -0.15) is 0 Å². The van der Waals surface area contributed by atoms with E-state index in [9.17, 15) is 8.78 Å². The van der Waals surface area contributed by atoms with Crippen molar-refractivity contribution in [1.82, 2.24) is 39.1 Å². The molecule has 0 bridgehead atoms. The van der Waals surface area contributed by atoms with Crippen LogP contribution in [-0.2, 0) is 45.3 Å². The van der Waals surface area contributed by atoms with Gasteiger partial charge in [-0.05, 0) is 105 Å². The first kappa shape index (κ1) is 29.1. The predicted molar refractivity (Wildman–Crippen MR) is 174 cm³/mol. The quantitative estimate of drug-likeness (QED) is 0.160. The number of hydrogen-bond donors (Lipinski definition) is 0. The molecule has 2 aromatic carbocycles. The summed E-state index contributed by atoms with van der Waals surface area (Å²) < 4.78 is 36.9. The van der Waals surface area contributed by atoms with E-state index in [0.717, 1.165) is 104 Å². The average Bonchev–Trinajstić information content (AvgIpc) is 3.85. The van der Waals surface area contributed by atoms with Crippen LogP contribution in [0.4, 0.5) is 8.78 Å². The number of hydrogen-bond acceptors (Lipinski definition) is 4. The van der Waals surface area contributed by atoms with Gasteiger partial charge >= 0.3 is 0 Å². The van der Waals surface area contributed by atoms with Crippen LogP contribution in [0.15, 0.2) is 48.8 Å². The van der Waals surface area contributed by atoms with E-state index in [-0.39, 0.29) is 17.7 Å². The molecule has 0 amide bonds. The molecule has 0 N–H and O–H groups in total. The Morgan fingerprint density at radius 1 is 0.717 bits per heavy atom. The van der Waals surface area contributed by atoms with Crippen LogP contribution in [0.2, 0.25) is 0 Å². The highest BCUT2D eigenvalue weighted by molar-refractivity contribution is 5.87. The lowest BCUT2D eigenvalue weighted by Gasteiger charge is -2.17. The number of benzene rings is 2. The molecule has 1 unspecified atom stereocenters. The molecule has 4 heterocycles. The lowest BCUT2D eigenvalue weighted by atomic mass is 9.95. The molecule has 1 atom stereocenters. The Balaban J connectivity index is 1.04. The molecular weight excluding hydrogens is 582 g/mol. The summed E-state index contributed by atoms with van der Waals surface area (Å²) >= 11 is 0.